The largest absolute Gasteiger partial charge is 0.387 e. The van der Waals surface area contributed by atoms with Gasteiger partial charge in [-0.05, 0) is 84.7 Å². The van der Waals surface area contributed by atoms with Gasteiger partial charge in [-0.3, -0.25) is 9.59 Å². The normalized spacial score (nSPS) is 36.6. The second kappa shape index (κ2) is 11.1. The molecule has 0 unspecified atom stereocenters. The van der Waals surface area contributed by atoms with Crippen molar-refractivity contribution in [3.63, 3.8) is 0 Å². The zero-order chi connectivity index (χ0) is 29.8. The lowest BCUT2D eigenvalue weighted by molar-refractivity contribution is -0.134. The van der Waals surface area contributed by atoms with Crippen LogP contribution in [0.1, 0.15) is 136 Å². The second-order valence-electron chi connectivity index (χ2n) is 16.4. The summed E-state index contributed by atoms with van der Waals surface area (Å²) in [7, 11) is 0. The summed E-state index contributed by atoms with van der Waals surface area (Å²) in [6.07, 6.45) is 17.6. The van der Waals surface area contributed by atoms with Gasteiger partial charge in [0.2, 0.25) is 5.91 Å². The van der Waals surface area contributed by atoms with Gasteiger partial charge >= 0.3 is 0 Å². The van der Waals surface area contributed by atoms with Gasteiger partial charge < -0.3 is 10.6 Å². The molecule has 2 N–H and O–H groups in total. The monoisotopic (exact) mass is 572 g/mol. The molecule has 1 aromatic rings. The van der Waals surface area contributed by atoms with Gasteiger partial charge in [0.05, 0.1) is 5.54 Å². The van der Waals surface area contributed by atoms with E-state index in [4.69, 9.17) is 0 Å². The Labute approximate surface area is 255 Å². The minimum Gasteiger partial charge on any atom is -0.387 e. The molecule has 1 heterocycles. The molecule has 0 bridgehead atoms. The van der Waals surface area contributed by atoms with E-state index in [1.54, 1.807) is 0 Å². The Kier molecular flexibility index (Phi) is 7.93. The molecule has 4 heteroatoms. The van der Waals surface area contributed by atoms with Crippen LogP contribution >= 0.6 is 0 Å². The predicted molar refractivity (Wildman–Crippen MR) is 171 cm³/mol. The van der Waals surface area contributed by atoms with Crippen LogP contribution in [-0.4, -0.2) is 18.2 Å². The molecular formula is C38H56N2O2. The third kappa shape index (κ3) is 5.17. The minimum atomic E-state index is -0.266. The summed E-state index contributed by atoms with van der Waals surface area (Å²) in [4.78, 5) is 26.8. The standard InChI is InChI=1S/C38H56N2O2/c1-35(2,3)26-12-14-27(15-13-26)38(20-10-8-6-7-9-11-21-38)40-34(42)32-17-16-30-29-25-39-33-24-28(41)18-22-37(33,5)31(29)19-23-36(30,32)4/h12-15,24,29-32,39H,6-11,16-23,25H2,1-5H3,(H,40,42)/t29-,30-,31-,32+,36-,37+/m0/s1. The number of allylic oxidation sites excluding steroid dienone is 2. The molecule has 4 fully saturated rings. The molecular weight excluding hydrogens is 516 g/mol. The van der Waals surface area contributed by atoms with E-state index in [9.17, 15) is 9.59 Å². The van der Waals surface area contributed by atoms with Gasteiger partial charge in [0, 0.05) is 36.1 Å². The molecule has 5 aliphatic rings. The molecule has 42 heavy (non-hydrogen) atoms. The third-order valence-corrected chi connectivity index (χ3v) is 13.0. The van der Waals surface area contributed by atoms with E-state index in [-0.39, 0.29) is 33.5 Å². The molecule has 6 rings (SSSR count). The molecule has 0 spiro atoms. The molecule has 4 aliphatic carbocycles. The van der Waals surface area contributed by atoms with E-state index in [1.165, 1.54) is 61.8 Å². The Bertz CT molecular complexity index is 1200. The number of rotatable bonds is 3. The van der Waals surface area contributed by atoms with Crippen molar-refractivity contribution in [2.75, 3.05) is 6.54 Å². The maximum atomic E-state index is 14.6. The van der Waals surface area contributed by atoms with E-state index in [0.29, 0.717) is 30.1 Å². The van der Waals surface area contributed by atoms with Crippen molar-refractivity contribution in [1.29, 1.82) is 0 Å². The number of carbonyl (C=O) groups is 2. The number of benzene rings is 1. The van der Waals surface area contributed by atoms with Crippen molar-refractivity contribution in [3.05, 3.63) is 47.2 Å². The Morgan fingerprint density at radius 2 is 1.52 bits per heavy atom. The topological polar surface area (TPSA) is 58.2 Å². The molecule has 3 saturated carbocycles. The number of piperidine rings is 1. The van der Waals surface area contributed by atoms with Crippen LogP contribution in [0.5, 0.6) is 0 Å². The van der Waals surface area contributed by atoms with Crippen LogP contribution in [0.4, 0.5) is 0 Å². The first-order valence-corrected chi connectivity index (χ1v) is 17.4. The highest BCUT2D eigenvalue weighted by Crippen LogP contribution is 2.64. The van der Waals surface area contributed by atoms with Crippen LogP contribution in [0.15, 0.2) is 36.0 Å². The fraction of sp³-hybridized carbons (Fsp3) is 0.737. The molecule has 4 nitrogen and oxygen atoms in total. The SMILES string of the molecule is CC(C)(C)c1ccc(C2(NC(=O)[C@H]3CC[C@H]4[C@@H]5CNC6=CC(=O)CC[C@]6(C)[C@H]5CC[C@]34C)CCCCCCCC2)cc1. The smallest absolute Gasteiger partial charge is 0.224 e. The van der Waals surface area contributed by atoms with E-state index in [2.05, 4.69) is 69.5 Å². The highest BCUT2D eigenvalue weighted by atomic mass is 16.2. The molecule has 1 saturated heterocycles. The van der Waals surface area contributed by atoms with Gasteiger partial charge in [-0.2, -0.15) is 0 Å². The molecule has 1 aliphatic heterocycles. The third-order valence-electron chi connectivity index (χ3n) is 13.0. The predicted octanol–water partition coefficient (Wildman–Crippen LogP) is 8.35. The molecule has 0 radical (unpaired) electrons. The average molecular weight is 573 g/mol. The maximum absolute atomic E-state index is 14.6. The Morgan fingerprint density at radius 3 is 2.19 bits per heavy atom. The van der Waals surface area contributed by atoms with Crippen LogP contribution in [-0.2, 0) is 20.5 Å². The first kappa shape index (κ1) is 29.9. The van der Waals surface area contributed by atoms with Crippen LogP contribution in [0.25, 0.3) is 0 Å². The van der Waals surface area contributed by atoms with Crippen molar-refractivity contribution < 1.29 is 9.59 Å². The summed E-state index contributed by atoms with van der Waals surface area (Å²) in [6.45, 7) is 12.6. The number of ketones is 1. The van der Waals surface area contributed by atoms with Crippen LogP contribution in [0.3, 0.4) is 0 Å². The summed E-state index contributed by atoms with van der Waals surface area (Å²) in [5, 5.41) is 7.56. The fourth-order valence-electron chi connectivity index (χ4n) is 10.4. The summed E-state index contributed by atoms with van der Waals surface area (Å²) >= 11 is 0. The lowest BCUT2D eigenvalue weighted by atomic mass is 9.50. The average Bonchev–Trinajstić information content (AvgIpc) is 3.36. The molecule has 6 atom stereocenters. The van der Waals surface area contributed by atoms with E-state index in [1.807, 2.05) is 6.08 Å². The number of hydrogen-bond acceptors (Lipinski definition) is 3. The summed E-state index contributed by atoms with van der Waals surface area (Å²) in [6, 6.07) is 9.28. The van der Waals surface area contributed by atoms with Crippen molar-refractivity contribution in [2.24, 2.45) is 34.5 Å². The van der Waals surface area contributed by atoms with Gasteiger partial charge in [-0.15, -0.1) is 0 Å². The van der Waals surface area contributed by atoms with Crippen LogP contribution in [0, 0.1) is 34.5 Å². The molecule has 1 amide bonds. The Balaban J connectivity index is 1.25. The van der Waals surface area contributed by atoms with Crippen molar-refractivity contribution in [2.45, 2.75) is 135 Å². The highest BCUT2D eigenvalue weighted by Gasteiger charge is 2.60. The Hall–Kier alpha value is -2.10. The zero-order valence-electron chi connectivity index (χ0n) is 27.1. The quantitative estimate of drug-likeness (QED) is 0.383. The van der Waals surface area contributed by atoms with Crippen molar-refractivity contribution in [1.82, 2.24) is 10.6 Å². The highest BCUT2D eigenvalue weighted by molar-refractivity contribution is 5.91. The first-order chi connectivity index (χ1) is 20.0. The molecule has 230 valence electrons. The number of hydrogen-bond donors (Lipinski definition) is 2. The number of amides is 1. The van der Waals surface area contributed by atoms with Crippen molar-refractivity contribution in [3.8, 4) is 0 Å². The first-order valence-electron chi connectivity index (χ1n) is 17.4. The molecule has 0 aromatic heterocycles. The van der Waals surface area contributed by atoms with Gasteiger partial charge in [0.25, 0.3) is 0 Å². The number of carbonyl (C=O) groups excluding carboxylic acids is 2. The van der Waals surface area contributed by atoms with Crippen LogP contribution < -0.4 is 10.6 Å². The van der Waals surface area contributed by atoms with Gasteiger partial charge in [0.1, 0.15) is 0 Å². The minimum absolute atomic E-state index is 0.0464. The maximum Gasteiger partial charge on any atom is 0.224 e. The summed E-state index contributed by atoms with van der Waals surface area (Å²) < 4.78 is 0. The second-order valence-corrected chi connectivity index (χ2v) is 16.4. The van der Waals surface area contributed by atoms with E-state index in [0.717, 1.165) is 45.1 Å². The summed E-state index contributed by atoms with van der Waals surface area (Å²) in [5.41, 5.74) is 3.84. The van der Waals surface area contributed by atoms with Gasteiger partial charge in [-0.25, -0.2) is 0 Å². The number of nitrogens with one attached hydrogen (secondary N) is 2. The lowest BCUT2D eigenvalue weighted by Crippen LogP contribution is -2.58. The van der Waals surface area contributed by atoms with Crippen molar-refractivity contribution >= 4 is 11.7 Å². The number of fused-ring (bicyclic) bond motifs is 5. The summed E-state index contributed by atoms with van der Waals surface area (Å²) in [5.74, 6) is 2.44. The Morgan fingerprint density at radius 1 is 0.857 bits per heavy atom. The zero-order valence-corrected chi connectivity index (χ0v) is 27.1. The molecule has 1 aromatic carbocycles. The lowest BCUT2D eigenvalue weighted by Gasteiger charge is -2.58. The van der Waals surface area contributed by atoms with E-state index < -0.39 is 0 Å². The van der Waals surface area contributed by atoms with Gasteiger partial charge in [0.15, 0.2) is 5.78 Å². The van der Waals surface area contributed by atoms with Crippen LogP contribution in [0.2, 0.25) is 0 Å². The fourth-order valence-corrected chi connectivity index (χ4v) is 10.4. The van der Waals surface area contributed by atoms with E-state index >= 15 is 0 Å². The van der Waals surface area contributed by atoms with Gasteiger partial charge in [-0.1, -0.05) is 97.4 Å².